The molecule has 0 spiro atoms. The number of anilines is 1. The van der Waals surface area contributed by atoms with Crippen molar-refractivity contribution in [3.63, 3.8) is 0 Å². The van der Waals surface area contributed by atoms with Crippen molar-refractivity contribution >= 4 is 11.6 Å². The van der Waals surface area contributed by atoms with E-state index >= 15 is 0 Å². The first-order chi connectivity index (χ1) is 12.7. The molecular formula is C18H14F7NO2. The van der Waals surface area contributed by atoms with Crippen LogP contribution in [0.1, 0.15) is 27.0 Å². The van der Waals surface area contributed by atoms with E-state index in [1.54, 1.807) is 0 Å². The van der Waals surface area contributed by atoms with Gasteiger partial charge in [-0.25, -0.2) is 4.39 Å². The zero-order chi connectivity index (χ0) is 21.5. The Kier molecular flexibility index (Phi) is 5.48. The Morgan fingerprint density at radius 1 is 0.893 bits per heavy atom. The van der Waals surface area contributed by atoms with Crippen molar-refractivity contribution in [1.29, 1.82) is 0 Å². The molecule has 0 bridgehead atoms. The number of hydrogen-bond acceptors (Lipinski definition) is 2. The Balaban J connectivity index is 2.47. The molecule has 0 aliphatic carbocycles. The van der Waals surface area contributed by atoms with Gasteiger partial charge in [-0.1, -0.05) is 12.1 Å². The summed E-state index contributed by atoms with van der Waals surface area (Å²) in [6, 6.07) is 5.38. The number of rotatable bonds is 3. The largest absolute Gasteiger partial charge is 0.430 e. The summed E-state index contributed by atoms with van der Waals surface area (Å²) in [5, 5.41) is 11.9. The zero-order valence-corrected chi connectivity index (χ0v) is 14.5. The molecule has 10 heteroatoms. The second-order valence-electron chi connectivity index (χ2n) is 6.15. The number of aryl methyl sites for hydroxylation is 2. The number of nitrogens with one attached hydrogen (secondary N) is 1. The molecule has 0 radical (unpaired) electrons. The van der Waals surface area contributed by atoms with E-state index in [9.17, 15) is 40.6 Å². The van der Waals surface area contributed by atoms with Crippen molar-refractivity contribution in [3.8, 4) is 0 Å². The summed E-state index contributed by atoms with van der Waals surface area (Å²) in [7, 11) is 0. The number of carbonyl (C=O) groups excluding carboxylic acids is 1. The summed E-state index contributed by atoms with van der Waals surface area (Å²) in [5.74, 6) is -1.33. The zero-order valence-electron chi connectivity index (χ0n) is 14.5. The highest BCUT2D eigenvalue weighted by Crippen LogP contribution is 2.50. The van der Waals surface area contributed by atoms with Gasteiger partial charge in [0.1, 0.15) is 5.82 Å². The maximum absolute atomic E-state index is 13.0. The molecule has 28 heavy (non-hydrogen) atoms. The van der Waals surface area contributed by atoms with Crippen LogP contribution in [0, 0.1) is 19.7 Å². The van der Waals surface area contributed by atoms with Crippen LogP contribution in [0.2, 0.25) is 0 Å². The maximum atomic E-state index is 13.0. The minimum Gasteiger partial charge on any atom is -0.369 e. The first kappa shape index (κ1) is 21.7. The molecule has 2 aromatic rings. The van der Waals surface area contributed by atoms with Gasteiger partial charge in [-0.2, -0.15) is 26.3 Å². The Morgan fingerprint density at radius 3 is 1.71 bits per heavy atom. The van der Waals surface area contributed by atoms with E-state index in [0.717, 1.165) is 24.3 Å². The van der Waals surface area contributed by atoms with Crippen LogP contribution in [0.5, 0.6) is 0 Å². The van der Waals surface area contributed by atoms with Crippen molar-refractivity contribution in [3.05, 3.63) is 64.5 Å². The molecular weight excluding hydrogens is 395 g/mol. The molecule has 1 amide bonds. The predicted molar refractivity (Wildman–Crippen MR) is 86.3 cm³/mol. The quantitative estimate of drug-likeness (QED) is 0.701. The Hall–Kier alpha value is -2.62. The molecule has 0 aliphatic rings. The maximum Gasteiger partial charge on any atom is 0.430 e. The Bertz CT molecular complexity index is 849. The predicted octanol–water partition coefficient (Wildman–Crippen LogP) is 5.01. The first-order valence-corrected chi connectivity index (χ1v) is 7.73. The van der Waals surface area contributed by atoms with Crippen LogP contribution in [0.3, 0.4) is 0 Å². The highest BCUT2D eigenvalue weighted by Gasteiger charge is 2.71. The lowest BCUT2D eigenvalue weighted by molar-refractivity contribution is -0.376. The van der Waals surface area contributed by atoms with Gasteiger partial charge in [0, 0.05) is 16.8 Å². The fourth-order valence-corrected chi connectivity index (χ4v) is 2.64. The third kappa shape index (κ3) is 3.82. The summed E-state index contributed by atoms with van der Waals surface area (Å²) < 4.78 is 91.2. The van der Waals surface area contributed by atoms with Gasteiger partial charge >= 0.3 is 12.4 Å². The van der Waals surface area contributed by atoms with E-state index in [1.165, 1.54) is 13.8 Å². The average molecular weight is 409 g/mol. The lowest BCUT2D eigenvalue weighted by atomic mass is 9.89. The Labute approximate surface area is 154 Å². The fourth-order valence-electron chi connectivity index (χ4n) is 2.64. The van der Waals surface area contributed by atoms with Crippen molar-refractivity contribution in [2.75, 3.05) is 5.32 Å². The van der Waals surface area contributed by atoms with E-state index in [1.807, 2.05) is 0 Å². The number of halogens is 7. The van der Waals surface area contributed by atoms with Gasteiger partial charge in [0.2, 0.25) is 0 Å². The molecule has 3 nitrogen and oxygen atoms in total. The standard InChI is InChI=1S/C18H14F7NO2/c1-9-7-12(16(28,17(20,21)22)18(23,24)25)8-10(2)14(9)26-15(27)11-3-5-13(19)6-4-11/h3-8,28H,1-2H3,(H,26,27). The fraction of sp³-hybridized carbons (Fsp3) is 0.278. The monoisotopic (exact) mass is 409 g/mol. The van der Waals surface area contributed by atoms with Gasteiger partial charge in [-0.15, -0.1) is 0 Å². The van der Waals surface area contributed by atoms with Crippen molar-refractivity contribution in [2.45, 2.75) is 31.8 Å². The van der Waals surface area contributed by atoms with E-state index in [0.29, 0.717) is 12.1 Å². The second-order valence-corrected chi connectivity index (χ2v) is 6.15. The molecule has 0 atom stereocenters. The molecule has 0 heterocycles. The van der Waals surface area contributed by atoms with Crippen LogP contribution in [0.25, 0.3) is 0 Å². The summed E-state index contributed by atoms with van der Waals surface area (Å²) in [5.41, 5.74) is -6.72. The van der Waals surface area contributed by atoms with E-state index in [2.05, 4.69) is 5.32 Å². The van der Waals surface area contributed by atoms with Crippen molar-refractivity contribution in [2.24, 2.45) is 0 Å². The number of amides is 1. The van der Waals surface area contributed by atoms with Gasteiger partial charge < -0.3 is 10.4 Å². The van der Waals surface area contributed by atoms with E-state index in [-0.39, 0.29) is 22.4 Å². The van der Waals surface area contributed by atoms with Gasteiger partial charge in [0.15, 0.2) is 0 Å². The highest BCUT2D eigenvalue weighted by atomic mass is 19.4. The molecule has 0 saturated heterocycles. The molecule has 2 aromatic carbocycles. The summed E-state index contributed by atoms with van der Waals surface area (Å²) in [6.07, 6.45) is -12.0. The Morgan fingerprint density at radius 2 is 1.32 bits per heavy atom. The van der Waals surface area contributed by atoms with Crippen LogP contribution in [-0.4, -0.2) is 23.4 Å². The molecule has 2 rings (SSSR count). The first-order valence-electron chi connectivity index (χ1n) is 7.73. The van der Waals surface area contributed by atoms with Crippen molar-refractivity contribution < 1.29 is 40.6 Å². The highest BCUT2D eigenvalue weighted by molar-refractivity contribution is 6.05. The number of alkyl halides is 6. The molecule has 0 saturated carbocycles. The van der Waals surface area contributed by atoms with Crippen LogP contribution in [0.4, 0.5) is 36.4 Å². The molecule has 0 aromatic heterocycles. The molecule has 2 N–H and O–H groups in total. The summed E-state index contributed by atoms with van der Waals surface area (Å²) >= 11 is 0. The average Bonchev–Trinajstić information content (AvgIpc) is 2.55. The van der Waals surface area contributed by atoms with E-state index in [4.69, 9.17) is 0 Å². The van der Waals surface area contributed by atoms with Crippen molar-refractivity contribution in [1.82, 2.24) is 0 Å². The SMILES string of the molecule is Cc1cc(C(O)(C(F)(F)F)C(F)(F)F)cc(C)c1NC(=O)c1ccc(F)cc1. The third-order valence-electron chi connectivity index (χ3n) is 4.12. The number of aliphatic hydroxyl groups is 1. The second kappa shape index (κ2) is 7.08. The molecule has 0 unspecified atom stereocenters. The van der Waals surface area contributed by atoms with Gasteiger partial charge in [0.05, 0.1) is 0 Å². The topological polar surface area (TPSA) is 49.3 Å². The van der Waals surface area contributed by atoms with E-state index < -0.39 is 35.2 Å². The summed E-state index contributed by atoms with van der Waals surface area (Å²) in [6.45, 7) is 2.37. The van der Waals surface area contributed by atoms with Gasteiger partial charge in [0.25, 0.3) is 11.5 Å². The van der Waals surface area contributed by atoms with Crippen LogP contribution in [0.15, 0.2) is 36.4 Å². The third-order valence-corrected chi connectivity index (χ3v) is 4.12. The molecule has 152 valence electrons. The number of carbonyl (C=O) groups is 1. The lowest BCUT2D eigenvalue weighted by Crippen LogP contribution is -2.54. The molecule has 0 aliphatic heterocycles. The van der Waals surface area contributed by atoms with Crippen LogP contribution >= 0.6 is 0 Å². The molecule has 0 fully saturated rings. The minimum absolute atomic E-state index is 0.0234. The lowest BCUT2D eigenvalue weighted by Gasteiger charge is -2.33. The van der Waals surface area contributed by atoms with Gasteiger partial charge in [-0.3, -0.25) is 4.79 Å². The number of benzene rings is 2. The smallest absolute Gasteiger partial charge is 0.369 e. The summed E-state index contributed by atoms with van der Waals surface area (Å²) in [4.78, 5) is 12.2. The van der Waals surface area contributed by atoms with Gasteiger partial charge in [-0.05, 0) is 49.2 Å². The van der Waals surface area contributed by atoms with Crippen LogP contribution < -0.4 is 5.32 Å². The normalized spacial score (nSPS) is 12.8. The van der Waals surface area contributed by atoms with Crippen LogP contribution in [-0.2, 0) is 5.60 Å². The number of hydrogen-bond donors (Lipinski definition) is 2. The minimum atomic E-state index is -6.01.